The zero-order chi connectivity index (χ0) is 34.1. The van der Waals surface area contributed by atoms with Gasteiger partial charge in [0.15, 0.2) is 5.79 Å². The standard InChI is InChI=1S/C33H34ClF3N8O4/c1-18-10-22(38)43-27(25(18)33(35,36)37)20-11-21-24-28(26(20)34)41-17-42-30(24)44(12-19-4-2-6-40-29(19)39)13-23(49-21)46-16-31-5-3-7-45(31)15-32(14-31)47-8-9-48-32/h2,4,6,10-11,13,41H,3,5,7-9,12,14-17H2,1H3,(H2,38,43)(H2,39,40)/t31-/m0/s1. The molecule has 1 aromatic carbocycles. The lowest BCUT2D eigenvalue weighted by molar-refractivity contribution is -0.148. The molecule has 16 heteroatoms. The highest BCUT2D eigenvalue weighted by Crippen LogP contribution is 2.50. The van der Waals surface area contributed by atoms with E-state index in [2.05, 4.69) is 20.2 Å². The number of halogens is 4. The van der Waals surface area contributed by atoms with Gasteiger partial charge in [0.05, 0.1) is 65.6 Å². The number of nitrogens with zero attached hydrogens (tertiary/aromatic N) is 5. The lowest BCUT2D eigenvalue weighted by Crippen LogP contribution is -2.42. The fourth-order valence-corrected chi connectivity index (χ4v) is 8.02. The van der Waals surface area contributed by atoms with Gasteiger partial charge in [-0.25, -0.2) is 15.0 Å². The summed E-state index contributed by atoms with van der Waals surface area (Å²) in [4.78, 5) is 17.3. The van der Waals surface area contributed by atoms with Crippen molar-refractivity contribution < 1.29 is 32.1 Å². The second-order valence-electron chi connectivity index (χ2n) is 12.9. The Labute approximate surface area is 284 Å². The van der Waals surface area contributed by atoms with Gasteiger partial charge >= 0.3 is 12.1 Å². The molecule has 0 unspecified atom stereocenters. The molecule has 3 saturated heterocycles. The largest absolute Gasteiger partial charge is 0.462 e. The number of aryl methyl sites for hydroxylation is 1. The van der Waals surface area contributed by atoms with Crippen molar-refractivity contribution in [1.29, 1.82) is 0 Å². The Hall–Kier alpha value is -4.31. The fraction of sp³-hybridized carbons (Fsp3) is 0.424. The van der Waals surface area contributed by atoms with Crippen LogP contribution >= 0.6 is 11.6 Å². The van der Waals surface area contributed by atoms with Crippen LogP contribution in [0.2, 0.25) is 5.02 Å². The summed E-state index contributed by atoms with van der Waals surface area (Å²) < 4.78 is 68.5. The van der Waals surface area contributed by atoms with Crippen LogP contribution in [0.3, 0.4) is 0 Å². The number of anilines is 3. The number of aliphatic imine (C=N–C) groups is 1. The molecule has 1 spiro atoms. The summed E-state index contributed by atoms with van der Waals surface area (Å²) in [6.07, 6.45) is 1.06. The smallest absolute Gasteiger partial charge is 0.418 e. The summed E-state index contributed by atoms with van der Waals surface area (Å²) >= 11 is 6.95. The Morgan fingerprint density at radius 1 is 1.18 bits per heavy atom. The lowest BCUT2D eigenvalue weighted by Gasteiger charge is -2.31. The quantitative estimate of drug-likeness (QED) is 0.316. The molecule has 0 saturated carbocycles. The predicted molar refractivity (Wildman–Crippen MR) is 176 cm³/mol. The molecular weight excluding hydrogens is 665 g/mol. The van der Waals surface area contributed by atoms with Gasteiger partial charge in [-0.05, 0) is 50.1 Å². The third-order valence-corrected chi connectivity index (χ3v) is 10.2. The molecule has 0 bridgehead atoms. The van der Waals surface area contributed by atoms with Gasteiger partial charge in [-0.2, -0.15) is 13.2 Å². The molecule has 12 nitrogen and oxygen atoms in total. The van der Waals surface area contributed by atoms with Crippen LogP contribution in [0.25, 0.3) is 11.3 Å². The molecule has 0 aliphatic carbocycles. The third-order valence-electron chi connectivity index (χ3n) is 9.79. The van der Waals surface area contributed by atoms with Crippen molar-refractivity contribution in [2.75, 3.05) is 56.4 Å². The lowest BCUT2D eigenvalue weighted by atomic mass is 9.93. The Bertz CT molecular complexity index is 1900. The van der Waals surface area contributed by atoms with E-state index in [4.69, 9.17) is 47.0 Å². The minimum atomic E-state index is -4.74. The Balaban J connectivity index is 1.23. The van der Waals surface area contributed by atoms with Gasteiger partial charge in [-0.1, -0.05) is 17.7 Å². The molecule has 5 aliphatic heterocycles. The number of nitrogens with one attached hydrogen (secondary N) is 1. The number of aromatic nitrogens is 2. The molecule has 49 heavy (non-hydrogen) atoms. The maximum Gasteiger partial charge on any atom is 0.418 e. The molecule has 5 aliphatic rings. The van der Waals surface area contributed by atoms with Crippen LogP contribution in [0.4, 0.5) is 30.5 Å². The third kappa shape index (κ3) is 5.48. The number of nitrogens with two attached hydrogens (primary N) is 2. The maximum absolute atomic E-state index is 14.5. The van der Waals surface area contributed by atoms with Crippen molar-refractivity contribution in [2.24, 2.45) is 4.99 Å². The first kappa shape index (κ1) is 31.9. The van der Waals surface area contributed by atoms with Crippen molar-refractivity contribution in [3.63, 3.8) is 0 Å². The van der Waals surface area contributed by atoms with Crippen LogP contribution in [0.1, 0.15) is 41.5 Å². The summed E-state index contributed by atoms with van der Waals surface area (Å²) in [5.74, 6) is 0.337. The van der Waals surface area contributed by atoms with Crippen molar-refractivity contribution in [3.8, 4) is 17.0 Å². The van der Waals surface area contributed by atoms with Gasteiger partial charge in [0.1, 0.15) is 36.5 Å². The van der Waals surface area contributed by atoms with E-state index in [0.717, 1.165) is 24.9 Å². The average Bonchev–Trinajstić information content (AvgIpc) is 3.72. The number of benzene rings is 1. The second kappa shape index (κ2) is 11.6. The maximum atomic E-state index is 14.5. The SMILES string of the molecule is Cc1cc(N)nc(-c2cc3c4c(c2Cl)NCN=C4N(Cc2cccnc2N)C=C(OC[C@@]24CCCN2CC2(C4)OCCO2)O3)c1C(F)(F)F. The number of amidine groups is 1. The molecule has 8 rings (SSSR count). The highest BCUT2D eigenvalue weighted by Gasteiger charge is 2.58. The summed E-state index contributed by atoms with van der Waals surface area (Å²) in [6.45, 7) is 4.54. The van der Waals surface area contributed by atoms with E-state index in [9.17, 15) is 13.2 Å². The topological polar surface area (TPSA) is 146 Å². The zero-order valence-corrected chi connectivity index (χ0v) is 27.3. The first-order chi connectivity index (χ1) is 23.5. The normalized spacial score (nSPS) is 22.6. The molecule has 7 heterocycles. The minimum absolute atomic E-state index is 0.00924. The van der Waals surface area contributed by atoms with Crippen molar-refractivity contribution in [1.82, 2.24) is 19.8 Å². The molecular formula is C33H34ClF3N8O4. The van der Waals surface area contributed by atoms with E-state index in [0.29, 0.717) is 49.1 Å². The number of rotatable bonds is 6. The molecule has 0 radical (unpaired) electrons. The Morgan fingerprint density at radius 3 is 2.78 bits per heavy atom. The van der Waals surface area contributed by atoms with E-state index < -0.39 is 23.2 Å². The predicted octanol–water partition coefficient (Wildman–Crippen LogP) is 5.11. The van der Waals surface area contributed by atoms with Gasteiger partial charge in [0.2, 0.25) is 0 Å². The summed E-state index contributed by atoms with van der Waals surface area (Å²) in [6, 6.07) is 6.25. The molecule has 3 fully saturated rings. The summed E-state index contributed by atoms with van der Waals surface area (Å²) in [7, 11) is 0. The van der Waals surface area contributed by atoms with Crippen LogP contribution in [-0.2, 0) is 26.9 Å². The van der Waals surface area contributed by atoms with Crippen LogP contribution in [0.5, 0.6) is 5.75 Å². The highest BCUT2D eigenvalue weighted by atomic mass is 35.5. The average molecular weight is 699 g/mol. The van der Waals surface area contributed by atoms with E-state index in [1.54, 1.807) is 18.5 Å². The second-order valence-corrected chi connectivity index (χ2v) is 13.3. The number of ether oxygens (including phenoxy) is 4. The molecule has 258 valence electrons. The van der Waals surface area contributed by atoms with Gasteiger partial charge in [0.25, 0.3) is 0 Å². The van der Waals surface area contributed by atoms with E-state index in [-0.39, 0.29) is 59.0 Å². The van der Waals surface area contributed by atoms with Crippen LogP contribution in [0.15, 0.2) is 47.6 Å². The molecule has 5 N–H and O–H groups in total. The van der Waals surface area contributed by atoms with Gasteiger partial charge < -0.3 is 40.6 Å². The molecule has 3 aromatic rings. The molecule has 1 atom stereocenters. The highest BCUT2D eigenvalue weighted by molar-refractivity contribution is 6.37. The van der Waals surface area contributed by atoms with Gasteiger partial charge in [-0.3, -0.25) is 4.90 Å². The first-order valence-corrected chi connectivity index (χ1v) is 16.3. The Kier molecular flexibility index (Phi) is 7.59. The van der Waals surface area contributed by atoms with Crippen molar-refractivity contribution in [2.45, 2.75) is 50.2 Å². The first-order valence-electron chi connectivity index (χ1n) is 16.0. The van der Waals surface area contributed by atoms with Crippen molar-refractivity contribution >= 4 is 34.8 Å². The summed E-state index contributed by atoms with van der Waals surface area (Å²) in [5, 5.41) is 3.15. The number of hydrogen-bond acceptors (Lipinski definition) is 12. The van der Waals surface area contributed by atoms with Crippen molar-refractivity contribution in [3.05, 3.63) is 69.9 Å². The Morgan fingerprint density at radius 2 is 2.00 bits per heavy atom. The molecule has 0 amide bonds. The monoisotopic (exact) mass is 698 g/mol. The zero-order valence-electron chi connectivity index (χ0n) is 26.6. The number of alkyl halides is 3. The summed E-state index contributed by atoms with van der Waals surface area (Å²) in [5.41, 5.74) is 11.9. The number of hydrogen-bond donors (Lipinski definition) is 3. The van der Waals surface area contributed by atoms with E-state index in [1.807, 2.05) is 11.0 Å². The van der Waals surface area contributed by atoms with Crippen LogP contribution in [-0.4, -0.2) is 76.5 Å². The van der Waals surface area contributed by atoms with E-state index in [1.165, 1.54) is 19.1 Å². The number of fused-ring (bicyclic) bond motifs is 1. The van der Waals surface area contributed by atoms with Crippen LogP contribution < -0.4 is 21.5 Å². The number of nitrogen functional groups attached to an aromatic ring is 2. The van der Waals surface area contributed by atoms with Gasteiger partial charge in [0, 0.05) is 23.7 Å². The fourth-order valence-electron chi connectivity index (χ4n) is 7.71. The van der Waals surface area contributed by atoms with E-state index >= 15 is 0 Å². The van der Waals surface area contributed by atoms with Crippen LogP contribution in [0, 0.1) is 6.92 Å². The van der Waals surface area contributed by atoms with Gasteiger partial charge in [-0.15, -0.1) is 0 Å². The minimum Gasteiger partial charge on any atom is -0.462 e. The number of pyridine rings is 2. The molecule has 2 aromatic heterocycles.